The highest BCUT2D eigenvalue weighted by Gasteiger charge is 2.27. The Morgan fingerprint density at radius 1 is 1.09 bits per heavy atom. The second kappa shape index (κ2) is 10.9. The highest BCUT2D eigenvalue weighted by atomic mass is 32.2. The number of nitrogens with one attached hydrogen (secondary N) is 2. The van der Waals surface area contributed by atoms with Gasteiger partial charge in [0.25, 0.3) is 5.91 Å². The van der Waals surface area contributed by atoms with Crippen molar-refractivity contribution < 1.29 is 17.9 Å². The number of carbonyl (C=O) groups is 1. The first-order valence-corrected chi connectivity index (χ1v) is 12.3. The molecule has 0 saturated carbocycles. The van der Waals surface area contributed by atoms with Gasteiger partial charge in [-0.1, -0.05) is 13.0 Å². The Hall–Kier alpha value is -2.53. The number of piperazine rings is 1. The highest BCUT2D eigenvalue weighted by molar-refractivity contribution is 7.89. The number of thiocarbonyl (C=S) groups is 1. The molecular weight excluding hydrogens is 448 g/mol. The minimum atomic E-state index is -3.53. The Morgan fingerprint density at radius 2 is 1.78 bits per heavy atom. The molecule has 2 aromatic carbocycles. The molecule has 0 spiro atoms. The summed E-state index contributed by atoms with van der Waals surface area (Å²) < 4.78 is 32.7. The number of likely N-dealkylation sites (N-methyl/N-ethyl adjacent to an activating group) is 1. The Bertz CT molecular complexity index is 1050. The van der Waals surface area contributed by atoms with E-state index in [4.69, 9.17) is 17.0 Å². The molecule has 3 rings (SSSR count). The van der Waals surface area contributed by atoms with Crippen LogP contribution >= 0.6 is 12.2 Å². The molecule has 0 aliphatic carbocycles. The smallest absolute Gasteiger partial charge is 0.257 e. The summed E-state index contributed by atoms with van der Waals surface area (Å²) in [7, 11) is -1.56. The molecule has 172 valence electrons. The fourth-order valence-electron chi connectivity index (χ4n) is 3.17. The fraction of sp³-hybridized carbons (Fsp3) is 0.364. The van der Waals surface area contributed by atoms with Crippen LogP contribution in [-0.4, -0.2) is 68.5 Å². The summed E-state index contributed by atoms with van der Waals surface area (Å²) in [4.78, 5) is 14.8. The van der Waals surface area contributed by atoms with E-state index < -0.39 is 10.0 Å². The van der Waals surface area contributed by atoms with Gasteiger partial charge in [-0.2, -0.15) is 4.31 Å². The molecule has 32 heavy (non-hydrogen) atoms. The predicted octanol–water partition coefficient (Wildman–Crippen LogP) is 2.54. The van der Waals surface area contributed by atoms with E-state index in [1.807, 2.05) is 14.0 Å². The zero-order valence-corrected chi connectivity index (χ0v) is 19.8. The number of sulfonamides is 1. The first-order chi connectivity index (χ1) is 15.3. The summed E-state index contributed by atoms with van der Waals surface area (Å²) in [5, 5.41) is 5.65. The van der Waals surface area contributed by atoms with Gasteiger partial charge < -0.3 is 15.0 Å². The van der Waals surface area contributed by atoms with Crippen molar-refractivity contribution >= 4 is 38.9 Å². The van der Waals surface area contributed by atoms with Gasteiger partial charge in [-0.3, -0.25) is 10.1 Å². The van der Waals surface area contributed by atoms with Crippen molar-refractivity contribution in [2.24, 2.45) is 0 Å². The molecule has 1 heterocycles. The van der Waals surface area contributed by atoms with Crippen LogP contribution in [0.3, 0.4) is 0 Å². The van der Waals surface area contributed by atoms with E-state index in [-0.39, 0.29) is 15.9 Å². The Morgan fingerprint density at radius 3 is 2.44 bits per heavy atom. The molecule has 1 aliphatic heterocycles. The zero-order chi connectivity index (χ0) is 23.1. The molecule has 0 radical (unpaired) electrons. The maximum absolute atomic E-state index is 12.8. The molecule has 8 nitrogen and oxygen atoms in total. The van der Waals surface area contributed by atoms with E-state index in [1.54, 1.807) is 36.4 Å². The van der Waals surface area contributed by atoms with Crippen LogP contribution < -0.4 is 15.4 Å². The third-order valence-corrected chi connectivity index (χ3v) is 7.13. The maximum atomic E-state index is 12.8. The number of rotatable bonds is 7. The standard InChI is InChI=1S/C22H28N4O4S2/c1-3-15-30-19-6-4-5-17(16-19)21(27)24-22(31)23-18-7-9-20(10-8-18)32(28,29)26-13-11-25(2)12-14-26/h4-10,16H,3,11-15H2,1-2H3,(H2,23,24,27,31). The van der Waals surface area contributed by atoms with Gasteiger partial charge in [-0.25, -0.2) is 8.42 Å². The van der Waals surface area contributed by atoms with Gasteiger partial charge in [0.2, 0.25) is 10.0 Å². The van der Waals surface area contributed by atoms with E-state index in [1.165, 1.54) is 16.4 Å². The topological polar surface area (TPSA) is 91.0 Å². The number of anilines is 1. The van der Waals surface area contributed by atoms with E-state index in [0.29, 0.717) is 49.8 Å². The number of hydrogen-bond donors (Lipinski definition) is 2. The minimum Gasteiger partial charge on any atom is -0.494 e. The largest absolute Gasteiger partial charge is 0.494 e. The quantitative estimate of drug-likeness (QED) is 0.594. The van der Waals surface area contributed by atoms with Gasteiger partial charge >= 0.3 is 0 Å². The average Bonchev–Trinajstić information content (AvgIpc) is 2.78. The van der Waals surface area contributed by atoms with E-state index in [0.717, 1.165) is 6.42 Å². The van der Waals surface area contributed by atoms with Gasteiger partial charge in [0.1, 0.15) is 5.75 Å². The number of nitrogens with zero attached hydrogens (tertiary/aromatic N) is 2. The average molecular weight is 477 g/mol. The molecule has 1 amide bonds. The van der Waals surface area contributed by atoms with E-state index in [9.17, 15) is 13.2 Å². The summed E-state index contributed by atoms with van der Waals surface area (Å²) >= 11 is 5.23. The van der Waals surface area contributed by atoms with Crippen LogP contribution in [0.4, 0.5) is 5.69 Å². The van der Waals surface area contributed by atoms with Crippen LogP contribution in [0.1, 0.15) is 23.7 Å². The monoisotopic (exact) mass is 476 g/mol. The number of carbonyl (C=O) groups excluding carboxylic acids is 1. The lowest BCUT2D eigenvalue weighted by molar-refractivity contribution is 0.0977. The van der Waals surface area contributed by atoms with Gasteiger partial charge in [-0.05, 0) is 68.2 Å². The van der Waals surface area contributed by atoms with Crippen LogP contribution in [0.2, 0.25) is 0 Å². The lowest BCUT2D eigenvalue weighted by Gasteiger charge is -2.31. The molecule has 1 aliphatic rings. The van der Waals surface area contributed by atoms with Crippen LogP contribution in [0.25, 0.3) is 0 Å². The normalized spacial score (nSPS) is 15.2. The summed E-state index contributed by atoms with van der Waals surface area (Å²) in [6.45, 7) is 4.95. The minimum absolute atomic E-state index is 0.115. The number of hydrogen-bond acceptors (Lipinski definition) is 6. The number of ether oxygens (including phenoxy) is 1. The molecular formula is C22H28N4O4S2. The van der Waals surface area contributed by atoms with E-state index >= 15 is 0 Å². The van der Waals surface area contributed by atoms with Crippen LogP contribution in [-0.2, 0) is 10.0 Å². The van der Waals surface area contributed by atoms with Gasteiger partial charge in [0, 0.05) is 37.4 Å². The third-order valence-electron chi connectivity index (χ3n) is 5.01. The summed E-state index contributed by atoms with van der Waals surface area (Å²) in [6.07, 6.45) is 0.875. The maximum Gasteiger partial charge on any atom is 0.257 e. The lowest BCUT2D eigenvalue weighted by atomic mass is 10.2. The number of amides is 1. The first kappa shape index (κ1) is 24.1. The SMILES string of the molecule is CCCOc1cccc(C(=O)NC(=S)Nc2ccc(S(=O)(=O)N3CCN(C)CC3)cc2)c1. The Balaban J connectivity index is 1.58. The van der Waals surface area contributed by atoms with Gasteiger partial charge in [-0.15, -0.1) is 0 Å². The predicted molar refractivity (Wildman–Crippen MR) is 129 cm³/mol. The fourth-order valence-corrected chi connectivity index (χ4v) is 4.81. The molecule has 0 unspecified atom stereocenters. The lowest BCUT2D eigenvalue weighted by Crippen LogP contribution is -2.46. The molecule has 2 aromatic rings. The number of benzene rings is 2. The van der Waals surface area contributed by atoms with Crippen LogP contribution in [0.15, 0.2) is 53.4 Å². The zero-order valence-electron chi connectivity index (χ0n) is 18.2. The molecule has 1 saturated heterocycles. The van der Waals surface area contributed by atoms with E-state index in [2.05, 4.69) is 15.5 Å². The van der Waals surface area contributed by atoms with Crippen molar-refractivity contribution in [1.82, 2.24) is 14.5 Å². The summed E-state index contributed by atoms with van der Waals surface area (Å²) in [5.74, 6) is 0.259. The molecule has 2 N–H and O–H groups in total. The Kier molecular flexibility index (Phi) is 8.19. The van der Waals surface area contributed by atoms with Crippen LogP contribution in [0.5, 0.6) is 5.75 Å². The first-order valence-electron chi connectivity index (χ1n) is 10.4. The van der Waals surface area contributed by atoms with Crippen molar-refractivity contribution in [3.05, 3.63) is 54.1 Å². The van der Waals surface area contributed by atoms with Crippen molar-refractivity contribution in [2.75, 3.05) is 45.2 Å². The molecule has 0 aromatic heterocycles. The van der Waals surface area contributed by atoms with Crippen LogP contribution in [0, 0.1) is 0 Å². The molecule has 10 heteroatoms. The summed E-state index contributed by atoms with van der Waals surface area (Å²) in [6, 6.07) is 13.2. The summed E-state index contributed by atoms with van der Waals surface area (Å²) in [5.41, 5.74) is 1.00. The van der Waals surface area contributed by atoms with Crippen molar-refractivity contribution in [2.45, 2.75) is 18.2 Å². The second-order valence-electron chi connectivity index (χ2n) is 7.52. The Labute approximate surface area is 194 Å². The van der Waals surface area contributed by atoms with Crippen molar-refractivity contribution in [1.29, 1.82) is 0 Å². The highest BCUT2D eigenvalue weighted by Crippen LogP contribution is 2.20. The van der Waals surface area contributed by atoms with Gasteiger partial charge in [0.05, 0.1) is 11.5 Å². The van der Waals surface area contributed by atoms with Gasteiger partial charge in [0.15, 0.2) is 5.11 Å². The third kappa shape index (κ3) is 6.26. The van der Waals surface area contributed by atoms with Crippen molar-refractivity contribution in [3.63, 3.8) is 0 Å². The second-order valence-corrected chi connectivity index (χ2v) is 9.86. The molecule has 0 bridgehead atoms. The van der Waals surface area contributed by atoms with Crippen molar-refractivity contribution in [3.8, 4) is 5.75 Å². The molecule has 0 atom stereocenters. The molecule has 1 fully saturated rings.